The van der Waals surface area contributed by atoms with Gasteiger partial charge in [0.05, 0.1) is 5.25 Å². The number of unbranched alkanes of at least 4 members (excludes halogenated alkanes) is 15. The second-order valence-corrected chi connectivity index (χ2v) is 9.79. The molecule has 27 heavy (non-hydrogen) atoms. The van der Waals surface area contributed by atoms with E-state index >= 15 is 0 Å². The van der Waals surface area contributed by atoms with Crippen molar-refractivity contribution in [3.63, 3.8) is 0 Å². The summed E-state index contributed by atoms with van der Waals surface area (Å²) in [6.45, 7) is 2.41. The van der Waals surface area contributed by atoms with Gasteiger partial charge in [-0.2, -0.15) is 8.42 Å². The third-order valence-corrected chi connectivity index (χ3v) is 6.80. The molecule has 0 amide bonds. The summed E-state index contributed by atoms with van der Waals surface area (Å²) in [7, 11) is -3.93. The quantitative estimate of drug-likeness (QED) is 0.165. The first-order valence-corrected chi connectivity index (χ1v) is 13.1. The van der Waals surface area contributed by atoms with Crippen LogP contribution in [0.1, 0.15) is 129 Å². The molecule has 0 aliphatic rings. The van der Waals surface area contributed by atoms with Crippen molar-refractivity contribution in [2.75, 3.05) is 6.61 Å². The summed E-state index contributed by atoms with van der Waals surface area (Å²) in [5.41, 5.74) is 0. The molecule has 1 atom stereocenters. The third-order valence-electron chi connectivity index (χ3n) is 5.49. The van der Waals surface area contributed by atoms with E-state index in [-0.39, 0.29) is 6.61 Å². The van der Waals surface area contributed by atoms with Gasteiger partial charge in [-0.15, -0.1) is 0 Å². The van der Waals surface area contributed by atoms with Crippen LogP contribution in [0.25, 0.3) is 0 Å². The zero-order valence-electron chi connectivity index (χ0n) is 17.8. The molecule has 0 fully saturated rings. The van der Waals surface area contributed by atoms with Gasteiger partial charge in [-0.1, -0.05) is 110 Å². The van der Waals surface area contributed by atoms with Gasteiger partial charge in [0.1, 0.15) is 0 Å². The van der Waals surface area contributed by atoms with Crippen LogP contribution in [0, 0.1) is 0 Å². The van der Waals surface area contributed by atoms with E-state index < -0.39 is 15.4 Å². The summed E-state index contributed by atoms with van der Waals surface area (Å²) in [6.07, 6.45) is 21.3. The number of aliphatic hydroxyl groups is 1. The van der Waals surface area contributed by atoms with Crippen LogP contribution in [0.2, 0.25) is 0 Å². The summed E-state index contributed by atoms with van der Waals surface area (Å²) in [4.78, 5) is 0. The molecule has 0 spiro atoms. The lowest BCUT2D eigenvalue weighted by molar-refractivity contribution is 0.282. The molecule has 0 heterocycles. The maximum Gasteiger partial charge on any atom is 0.267 e. The van der Waals surface area contributed by atoms with Crippen molar-refractivity contribution in [2.45, 2.75) is 134 Å². The molecule has 0 aliphatic carbocycles. The summed E-state index contributed by atoms with van der Waals surface area (Å²) in [6, 6.07) is 0. The van der Waals surface area contributed by atoms with Crippen molar-refractivity contribution in [1.82, 2.24) is 0 Å². The average molecular weight is 407 g/mol. The van der Waals surface area contributed by atoms with Gasteiger partial charge >= 0.3 is 0 Å². The first kappa shape index (κ1) is 26.9. The maximum atomic E-state index is 11.5. The Morgan fingerprint density at radius 1 is 0.593 bits per heavy atom. The molecular formula is C22H46O4S. The van der Waals surface area contributed by atoms with Crippen LogP contribution in [-0.2, 0) is 10.1 Å². The Labute approximate surface area is 169 Å². The van der Waals surface area contributed by atoms with E-state index in [4.69, 9.17) is 5.11 Å². The summed E-state index contributed by atoms with van der Waals surface area (Å²) in [5, 5.41) is 8.15. The predicted octanol–water partition coefficient (Wildman–Crippen LogP) is 6.67. The molecule has 2 N–H and O–H groups in total. The largest absolute Gasteiger partial charge is 0.396 e. The topological polar surface area (TPSA) is 74.6 Å². The Hall–Kier alpha value is -0.130. The molecule has 0 saturated heterocycles. The van der Waals surface area contributed by atoms with Gasteiger partial charge in [0.2, 0.25) is 0 Å². The normalized spacial score (nSPS) is 13.1. The number of rotatable bonds is 21. The van der Waals surface area contributed by atoms with E-state index in [1.807, 2.05) is 0 Å². The molecule has 0 aromatic heterocycles. The van der Waals surface area contributed by atoms with Gasteiger partial charge in [-0.25, -0.2) is 0 Å². The van der Waals surface area contributed by atoms with Gasteiger partial charge in [-0.3, -0.25) is 4.55 Å². The Morgan fingerprint density at radius 2 is 0.926 bits per heavy atom. The van der Waals surface area contributed by atoms with Crippen LogP contribution in [0.5, 0.6) is 0 Å². The van der Waals surface area contributed by atoms with Gasteiger partial charge in [-0.05, 0) is 19.3 Å². The zero-order valence-corrected chi connectivity index (χ0v) is 18.7. The zero-order chi connectivity index (χ0) is 20.2. The first-order chi connectivity index (χ1) is 13.0. The second-order valence-electron chi connectivity index (χ2n) is 8.09. The number of aliphatic hydroxyl groups excluding tert-OH is 1. The van der Waals surface area contributed by atoms with Crippen LogP contribution in [-0.4, -0.2) is 29.9 Å². The van der Waals surface area contributed by atoms with E-state index in [0.717, 1.165) is 25.7 Å². The van der Waals surface area contributed by atoms with Crippen molar-refractivity contribution >= 4 is 10.1 Å². The van der Waals surface area contributed by atoms with Crippen molar-refractivity contribution in [3.05, 3.63) is 0 Å². The van der Waals surface area contributed by atoms with Crippen LogP contribution in [0.4, 0.5) is 0 Å². The van der Waals surface area contributed by atoms with Crippen LogP contribution < -0.4 is 0 Å². The van der Waals surface area contributed by atoms with E-state index in [0.29, 0.717) is 19.3 Å². The summed E-state index contributed by atoms with van der Waals surface area (Å²) < 4.78 is 32.3. The molecule has 0 rings (SSSR count). The molecule has 0 aromatic rings. The van der Waals surface area contributed by atoms with E-state index in [1.165, 1.54) is 77.0 Å². The van der Waals surface area contributed by atoms with Gasteiger partial charge in [0.15, 0.2) is 0 Å². The molecule has 164 valence electrons. The molecule has 0 aliphatic heterocycles. The molecule has 5 heteroatoms. The van der Waals surface area contributed by atoms with E-state index in [2.05, 4.69) is 6.92 Å². The minimum atomic E-state index is -3.93. The minimum Gasteiger partial charge on any atom is -0.396 e. The third kappa shape index (κ3) is 19.0. The van der Waals surface area contributed by atoms with Crippen molar-refractivity contribution in [1.29, 1.82) is 0 Å². The Bertz CT molecular complexity index is 395. The first-order valence-electron chi connectivity index (χ1n) is 11.6. The molecule has 0 saturated carbocycles. The monoisotopic (exact) mass is 406 g/mol. The number of hydrogen-bond donors (Lipinski definition) is 2. The molecule has 0 bridgehead atoms. The lowest BCUT2D eigenvalue weighted by Crippen LogP contribution is -2.20. The Morgan fingerprint density at radius 3 is 1.26 bits per heavy atom. The SMILES string of the molecule is CCCCCCCCCCCCCCCCC(CCCCCO)S(=O)(=O)O. The van der Waals surface area contributed by atoms with E-state index in [9.17, 15) is 13.0 Å². The van der Waals surface area contributed by atoms with Gasteiger partial charge < -0.3 is 5.11 Å². The molecule has 1 unspecified atom stereocenters. The molecular weight excluding hydrogens is 360 g/mol. The van der Waals surface area contributed by atoms with Crippen LogP contribution in [0.3, 0.4) is 0 Å². The highest BCUT2D eigenvalue weighted by molar-refractivity contribution is 7.86. The summed E-state index contributed by atoms with van der Waals surface area (Å²) >= 11 is 0. The Kier molecular flexibility index (Phi) is 19.1. The molecule has 0 radical (unpaired) electrons. The Balaban J connectivity index is 3.49. The molecule has 0 aromatic carbocycles. The summed E-state index contributed by atoms with van der Waals surface area (Å²) in [5.74, 6) is 0. The standard InChI is InChI=1S/C22H46O4S/c1-2-3-4-5-6-7-8-9-10-11-12-13-14-16-19-22(27(24,25)26)20-17-15-18-21-23/h22-23H,2-21H2,1H3,(H,24,25,26). The average Bonchev–Trinajstić information content (AvgIpc) is 2.62. The fraction of sp³-hybridized carbons (Fsp3) is 1.00. The minimum absolute atomic E-state index is 0.148. The highest BCUT2D eigenvalue weighted by atomic mass is 32.2. The maximum absolute atomic E-state index is 11.5. The lowest BCUT2D eigenvalue weighted by Gasteiger charge is -2.13. The van der Waals surface area contributed by atoms with Crippen LogP contribution >= 0.6 is 0 Å². The fourth-order valence-corrected chi connectivity index (χ4v) is 4.60. The van der Waals surface area contributed by atoms with Crippen molar-refractivity contribution in [2.24, 2.45) is 0 Å². The predicted molar refractivity (Wildman–Crippen MR) is 116 cm³/mol. The highest BCUT2D eigenvalue weighted by Gasteiger charge is 2.21. The lowest BCUT2D eigenvalue weighted by atomic mass is 10.0. The van der Waals surface area contributed by atoms with Gasteiger partial charge in [0, 0.05) is 6.61 Å². The smallest absolute Gasteiger partial charge is 0.267 e. The van der Waals surface area contributed by atoms with Gasteiger partial charge in [0.25, 0.3) is 10.1 Å². The second kappa shape index (κ2) is 19.2. The van der Waals surface area contributed by atoms with Crippen molar-refractivity contribution < 1.29 is 18.1 Å². The van der Waals surface area contributed by atoms with Crippen LogP contribution in [0.15, 0.2) is 0 Å². The molecule has 4 nitrogen and oxygen atoms in total. The fourth-order valence-electron chi connectivity index (χ4n) is 3.67. The highest BCUT2D eigenvalue weighted by Crippen LogP contribution is 2.19. The van der Waals surface area contributed by atoms with Crippen molar-refractivity contribution in [3.8, 4) is 0 Å². The van der Waals surface area contributed by atoms with E-state index in [1.54, 1.807) is 0 Å². The number of hydrogen-bond acceptors (Lipinski definition) is 3.